The molecule has 0 bridgehead atoms. The summed E-state index contributed by atoms with van der Waals surface area (Å²) in [6, 6.07) is 4.30. The van der Waals surface area contributed by atoms with Gasteiger partial charge in [-0.05, 0) is 124 Å². The Morgan fingerprint density at radius 1 is 0.935 bits per heavy atom. The highest BCUT2D eigenvalue weighted by atomic mass is 79.9. The lowest BCUT2D eigenvalue weighted by atomic mass is 9.89. The Bertz CT molecular complexity index is 1080. The quantitative estimate of drug-likeness (QED) is 0.126. The second kappa shape index (κ2) is 19.8. The molecule has 1 aliphatic carbocycles. The summed E-state index contributed by atoms with van der Waals surface area (Å²) in [4.78, 5) is 12.3. The number of aryl methyl sites for hydroxylation is 1. The van der Waals surface area contributed by atoms with E-state index in [4.69, 9.17) is 33.5 Å². The molecule has 1 aromatic rings. The summed E-state index contributed by atoms with van der Waals surface area (Å²) in [5.74, 6) is -0.453. The molecule has 3 unspecified atom stereocenters. The van der Waals surface area contributed by atoms with Crippen molar-refractivity contribution in [3.63, 3.8) is 0 Å². The van der Waals surface area contributed by atoms with Crippen LogP contribution in [0.2, 0.25) is 0 Å². The molecule has 0 radical (unpaired) electrons. The van der Waals surface area contributed by atoms with Crippen LogP contribution < -0.4 is 0 Å². The number of carbonyl (C=O) groups is 1. The molecule has 4 aliphatic rings. The third-order valence-corrected chi connectivity index (χ3v) is 11.1. The van der Waals surface area contributed by atoms with Crippen LogP contribution in [0.5, 0.6) is 0 Å². The number of thiophene rings is 1. The second-order valence-corrected chi connectivity index (χ2v) is 15.6. The fourth-order valence-corrected chi connectivity index (χ4v) is 8.48. The minimum atomic E-state index is -0.748. The molecule has 5 rings (SSSR count). The number of carboxylic acids is 1. The van der Waals surface area contributed by atoms with Gasteiger partial charge in [0.15, 0.2) is 18.9 Å². The zero-order chi connectivity index (χ0) is 32.0. The molecular weight excluding hydrogens is 672 g/mol. The lowest BCUT2D eigenvalue weighted by Gasteiger charge is -2.30. The van der Waals surface area contributed by atoms with Gasteiger partial charge in [-0.2, -0.15) is 0 Å². The van der Waals surface area contributed by atoms with E-state index in [1.54, 1.807) is 11.3 Å². The number of ether oxygens (including phenoxy) is 6. The zero-order valence-corrected chi connectivity index (χ0v) is 29.5. The molecule has 10 heteroatoms. The van der Waals surface area contributed by atoms with E-state index in [0.717, 1.165) is 113 Å². The number of hydrogen-bond donors (Lipinski definition) is 1. The van der Waals surface area contributed by atoms with Crippen LogP contribution in [0.15, 0.2) is 40.2 Å². The summed E-state index contributed by atoms with van der Waals surface area (Å²) in [5.41, 5.74) is 0. The van der Waals surface area contributed by atoms with Crippen molar-refractivity contribution in [2.24, 2.45) is 11.8 Å². The minimum absolute atomic E-state index is 0.0143. The molecule has 0 spiro atoms. The molecule has 1 N–H and O–H groups in total. The fourth-order valence-electron chi connectivity index (χ4n) is 6.98. The molecule has 1 aromatic heterocycles. The van der Waals surface area contributed by atoms with Crippen LogP contribution in [-0.4, -0.2) is 68.1 Å². The average molecular weight is 726 g/mol. The van der Waals surface area contributed by atoms with Gasteiger partial charge in [-0.3, -0.25) is 4.79 Å². The van der Waals surface area contributed by atoms with Crippen molar-refractivity contribution in [1.29, 1.82) is 0 Å². The first-order valence-corrected chi connectivity index (χ1v) is 19.2. The second-order valence-electron chi connectivity index (χ2n) is 13.0. The van der Waals surface area contributed by atoms with E-state index in [1.807, 2.05) is 0 Å². The van der Waals surface area contributed by atoms with Crippen molar-refractivity contribution in [2.75, 3.05) is 19.8 Å². The Morgan fingerprint density at radius 3 is 2.22 bits per heavy atom. The molecule has 0 amide bonds. The SMILES string of the molecule is O=C(O)CCC/C=C\C[C@@H]1[C@@H](/C=C/C(CCc2ccc(Br)s2)O[C@H]2CCCCO2)[C@H](OC2CCCCO2)C[C@@H]1OC1CCCCO1. The maximum Gasteiger partial charge on any atom is 0.303 e. The third-order valence-electron chi connectivity index (χ3n) is 9.45. The normalized spacial score (nSPS) is 31.5. The molecular formula is C36H53BrO8S. The van der Waals surface area contributed by atoms with E-state index in [9.17, 15) is 4.79 Å². The van der Waals surface area contributed by atoms with Crippen LogP contribution in [0.1, 0.15) is 101 Å². The summed E-state index contributed by atoms with van der Waals surface area (Å²) in [6.07, 6.45) is 22.6. The van der Waals surface area contributed by atoms with Crippen molar-refractivity contribution in [1.82, 2.24) is 0 Å². The van der Waals surface area contributed by atoms with Gasteiger partial charge < -0.3 is 33.5 Å². The van der Waals surface area contributed by atoms with Crippen molar-refractivity contribution in [3.8, 4) is 0 Å². The van der Waals surface area contributed by atoms with Gasteiger partial charge in [0.25, 0.3) is 0 Å². The topological polar surface area (TPSA) is 92.7 Å². The van der Waals surface area contributed by atoms with Crippen LogP contribution in [-0.2, 0) is 39.6 Å². The highest BCUT2D eigenvalue weighted by molar-refractivity contribution is 9.11. The Balaban J connectivity index is 1.34. The number of allylic oxidation sites excluding steroid dienone is 2. The molecule has 46 heavy (non-hydrogen) atoms. The Morgan fingerprint density at radius 2 is 1.61 bits per heavy atom. The summed E-state index contributed by atoms with van der Waals surface area (Å²) >= 11 is 5.38. The molecule has 258 valence electrons. The van der Waals surface area contributed by atoms with Gasteiger partial charge in [-0.1, -0.05) is 24.3 Å². The Kier molecular flexibility index (Phi) is 15.6. The van der Waals surface area contributed by atoms with Crippen LogP contribution in [0, 0.1) is 11.8 Å². The first-order chi connectivity index (χ1) is 22.5. The monoisotopic (exact) mass is 724 g/mol. The van der Waals surface area contributed by atoms with E-state index in [2.05, 4.69) is 52.4 Å². The van der Waals surface area contributed by atoms with Gasteiger partial charge in [0, 0.05) is 43.5 Å². The number of aliphatic carboxylic acids is 1. The first kappa shape index (κ1) is 36.2. The lowest BCUT2D eigenvalue weighted by molar-refractivity contribution is -0.203. The average Bonchev–Trinajstić information content (AvgIpc) is 3.63. The van der Waals surface area contributed by atoms with Crippen LogP contribution in [0.25, 0.3) is 0 Å². The maximum atomic E-state index is 11.0. The van der Waals surface area contributed by atoms with E-state index in [0.29, 0.717) is 6.42 Å². The number of rotatable bonds is 17. The minimum Gasteiger partial charge on any atom is -0.481 e. The van der Waals surface area contributed by atoms with Gasteiger partial charge >= 0.3 is 5.97 Å². The molecule has 3 saturated heterocycles. The van der Waals surface area contributed by atoms with Crippen LogP contribution >= 0.6 is 27.3 Å². The van der Waals surface area contributed by atoms with Crippen molar-refractivity contribution in [2.45, 2.75) is 140 Å². The standard InChI is InChI=1S/C36H53BrO8S/c37-32-21-19-27(46-32)18-16-26(43-34-13-5-8-22-40-34)17-20-29-28(11-3-1-2-4-12-33(38)39)30(44-35-14-6-9-23-41-35)25-31(29)45-36-15-7-10-24-42-36/h1,3,17,19-21,26,28-31,34-36H,2,4-16,18,22-25H2,(H,38,39)/b3-1-,20-17+/t26?,28-,29-,30+,31-,34+,35?,36?/m1/s1. The molecule has 4 fully saturated rings. The predicted octanol–water partition coefficient (Wildman–Crippen LogP) is 8.57. The number of hydrogen-bond acceptors (Lipinski definition) is 8. The zero-order valence-electron chi connectivity index (χ0n) is 27.1. The molecule has 1 saturated carbocycles. The van der Waals surface area contributed by atoms with E-state index in [1.165, 1.54) is 4.88 Å². The summed E-state index contributed by atoms with van der Waals surface area (Å²) in [6.45, 7) is 2.24. The fraction of sp³-hybridized carbons (Fsp3) is 0.750. The van der Waals surface area contributed by atoms with Crippen molar-refractivity contribution < 1.29 is 38.3 Å². The largest absolute Gasteiger partial charge is 0.481 e. The smallest absolute Gasteiger partial charge is 0.303 e. The van der Waals surface area contributed by atoms with Gasteiger partial charge in [-0.25, -0.2) is 0 Å². The highest BCUT2D eigenvalue weighted by Gasteiger charge is 2.45. The number of carboxylic acid groups (broad SMARTS) is 1. The summed E-state index contributed by atoms with van der Waals surface area (Å²) < 4.78 is 39.3. The van der Waals surface area contributed by atoms with Gasteiger partial charge in [0.1, 0.15) is 0 Å². The Hall–Kier alpha value is -1.11. The maximum absolute atomic E-state index is 11.0. The van der Waals surface area contributed by atoms with Gasteiger partial charge in [0.2, 0.25) is 0 Å². The van der Waals surface area contributed by atoms with Gasteiger partial charge in [-0.15, -0.1) is 11.3 Å². The lowest BCUT2D eigenvalue weighted by Crippen LogP contribution is -2.31. The number of unbranched alkanes of at least 4 members (excludes halogenated alkanes) is 1. The van der Waals surface area contributed by atoms with E-state index in [-0.39, 0.29) is 55.4 Å². The van der Waals surface area contributed by atoms with Crippen molar-refractivity contribution in [3.05, 3.63) is 45.1 Å². The summed E-state index contributed by atoms with van der Waals surface area (Å²) in [7, 11) is 0. The van der Waals surface area contributed by atoms with Gasteiger partial charge in [0.05, 0.1) is 22.1 Å². The Labute approximate surface area is 287 Å². The molecule has 3 aliphatic heterocycles. The summed E-state index contributed by atoms with van der Waals surface area (Å²) in [5, 5.41) is 9.04. The molecule has 0 aromatic carbocycles. The molecule has 8 atom stereocenters. The van der Waals surface area contributed by atoms with Crippen molar-refractivity contribution >= 4 is 33.2 Å². The third kappa shape index (κ3) is 12.1. The molecule has 4 heterocycles. The van der Waals surface area contributed by atoms with Crippen LogP contribution in [0.4, 0.5) is 0 Å². The first-order valence-electron chi connectivity index (χ1n) is 17.6. The predicted molar refractivity (Wildman–Crippen MR) is 182 cm³/mol. The van der Waals surface area contributed by atoms with Crippen LogP contribution in [0.3, 0.4) is 0 Å². The van der Waals surface area contributed by atoms with E-state index < -0.39 is 5.97 Å². The van der Waals surface area contributed by atoms with E-state index >= 15 is 0 Å². The highest BCUT2D eigenvalue weighted by Crippen LogP contribution is 2.42. The number of halogens is 1. The molecule has 8 nitrogen and oxygen atoms in total.